The summed E-state index contributed by atoms with van der Waals surface area (Å²) in [5.74, 6) is -0.257. The van der Waals surface area contributed by atoms with Gasteiger partial charge < -0.3 is 15.0 Å². The van der Waals surface area contributed by atoms with Crippen LogP contribution in [0, 0.1) is 5.92 Å². The van der Waals surface area contributed by atoms with Crippen LogP contribution in [0.2, 0.25) is 0 Å². The maximum Gasteiger partial charge on any atom is 0.224 e. The first-order chi connectivity index (χ1) is 13.0. The molecule has 0 spiro atoms. The Bertz CT molecular complexity index is 730. The highest BCUT2D eigenvalue weighted by Gasteiger charge is 2.31. The zero-order chi connectivity index (χ0) is 19.3. The van der Waals surface area contributed by atoms with Gasteiger partial charge in [0.1, 0.15) is 0 Å². The summed E-state index contributed by atoms with van der Waals surface area (Å²) >= 11 is 0. The second-order valence-electron chi connectivity index (χ2n) is 7.08. The molecule has 0 unspecified atom stereocenters. The largest absolute Gasteiger partial charge is 0.378 e. The van der Waals surface area contributed by atoms with Crippen LogP contribution in [0.4, 0.5) is 5.69 Å². The number of hydrogen-bond donors (Lipinski definition) is 1. The van der Waals surface area contributed by atoms with Gasteiger partial charge in [-0.3, -0.25) is 4.79 Å². The first kappa shape index (κ1) is 20.1. The number of nitrogens with one attached hydrogen (secondary N) is 1. The van der Waals surface area contributed by atoms with Gasteiger partial charge in [-0.25, -0.2) is 12.7 Å². The van der Waals surface area contributed by atoms with Crippen LogP contribution in [-0.2, 0) is 26.1 Å². The number of benzene rings is 1. The maximum absolute atomic E-state index is 12.5. The molecule has 1 amide bonds. The van der Waals surface area contributed by atoms with Gasteiger partial charge in [-0.1, -0.05) is 12.1 Å². The van der Waals surface area contributed by atoms with Gasteiger partial charge in [0.15, 0.2) is 0 Å². The van der Waals surface area contributed by atoms with E-state index in [1.54, 1.807) is 6.92 Å². The molecule has 8 heteroatoms. The quantitative estimate of drug-likeness (QED) is 0.783. The normalized spacial score (nSPS) is 21.8. The predicted molar refractivity (Wildman–Crippen MR) is 105 cm³/mol. The summed E-state index contributed by atoms with van der Waals surface area (Å²) in [6.07, 6.45) is 1.46. The molecule has 1 aromatic rings. The Kier molecular flexibility index (Phi) is 6.73. The van der Waals surface area contributed by atoms with Crippen LogP contribution in [0.15, 0.2) is 24.3 Å². The van der Waals surface area contributed by atoms with Crippen molar-refractivity contribution >= 4 is 21.6 Å². The van der Waals surface area contributed by atoms with E-state index in [1.165, 1.54) is 9.99 Å². The van der Waals surface area contributed by atoms with E-state index in [1.807, 2.05) is 12.1 Å². The molecule has 2 aliphatic heterocycles. The van der Waals surface area contributed by atoms with Gasteiger partial charge in [0.25, 0.3) is 0 Å². The van der Waals surface area contributed by atoms with Crippen LogP contribution >= 0.6 is 0 Å². The second kappa shape index (κ2) is 9.03. The number of morpholine rings is 1. The molecule has 2 fully saturated rings. The van der Waals surface area contributed by atoms with Crippen molar-refractivity contribution in [2.45, 2.75) is 26.3 Å². The Balaban J connectivity index is 1.51. The number of piperidine rings is 1. The summed E-state index contributed by atoms with van der Waals surface area (Å²) in [4.78, 5) is 14.8. The van der Waals surface area contributed by atoms with Crippen molar-refractivity contribution in [3.8, 4) is 0 Å². The fourth-order valence-electron chi connectivity index (χ4n) is 3.57. The number of nitrogens with zero attached hydrogens (tertiary/aromatic N) is 2. The summed E-state index contributed by atoms with van der Waals surface area (Å²) in [6, 6.07) is 8.20. The zero-order valence-corrected chi connectivity index (χ0v) is 16.7. The number of sulfonamides is 1. The van der Waals surface area contributed by atoms with Gasteiger partial charge in [0, 0.05) is 38.4 Å². The Morgan fingerprint density at radius 1 is 1.19 bits per heavy atom. The van der Waals surface area contributed by atoms with Crippen LogP contribution < -0.4 is 10.2 Å². The standard InChI is InChI=1S/C19H29N3O4S/c1-2-27(24,25)22-9-3-4-17(15-22)19(23)20-14-16-5-7-18(8-6-16)21-10-12-26-13-11-21/h5-8,17H,2-4,9-15H2,1H3,(H,20,23)/t17-/m0/s1. The Morgan fingerprint density at radius 3 is 2.56 bits per heavy atom. The number of rotatable bonds is 6. The number of carbonyl (C=O) groups excluding carboxylic acids is 1. The number of hydrogen-bond acceptors (Lipinski definition) is 5. The first-order valence-corrected chi connectivity index (χ1v) is 11.3. The Morgan fingerprint density at radius 2 is 1.89 bits per heavy atom. The van der Waals surface area contributed by atoms with Gasteiger partial charge >= 0.3 is 0 Å². The van der Waals surface area contributed by atoms with Gasteiger partial charge in [-0.2, -0.15) is 0 Å². The van der Waals surface area contributed by atoms with Crippen LogP contribution in [0.1, 0.15) is 25.3 Å². The third-order valence-corrected chi connectivity index (χ3v) is 7.14. The summed E-state index contributed by atoms with van der Waals surface area (Å²) in [6.45, 7) is 6.21. The molecule has 0 radical (unpaired) electrons. The minimum Gasteiger partial charge on any atom is -0.378 e. The molecular formula is C19H29N3O4S. The molecule has 1 N–H and O–H groups in total. The molecule has 27 heavy (non-hydrogen) atoms. The highest BCUT2D eigenvalue weighted by molar-refractivity contribution is 7.89. The first-order valence-electron chi connectivity index (χ1n) is 9.67. The molecule has 1 aromatic carbocycles. The lowest BCUT2D eigenvalue weighted by Gasteiger charge is -2.31. The Hall–Kier alpha value is -1.64. The summed E-state index contributed by atoms with van der Waals surface area (Å²) in [5, 5.41) is 2.96. The van der Waals surface area contributed by atoms with Crippen molar-refractivity contribution in [1.29, 1.82) is 0 Å². The van der Waals surface area contributed by atoms with E-state index in [4.69, 9.17) is 4.74 Å². The zero-order valence-electron chi connectivity index (χ0n) is 15.9. The summed E-state index contributed by atoms with van der Waals surface area (Å²) in [7, 11) is -3.23. The number of amides is 1. The predicted octanol–water partition coefficient (Wildman–Crippen LogP) is 1.20. The summed E-state index contributed by atoms with van der Waals surface area (Å²) < 4.78 is 30.9. The molecule has 2 saturated heterocycles. The van der Waals surface area contributed by atoms with E-state index < -0.39 is 10.0 Å². The van der Waals surface area contributed by atoms with Gasteiger partial charge in [0.2, 0.25) is 15.9 Å². The van der Waals surface area contributed by atoms with E-state index in [0.717, 1.165) is 44.7 Å². The Labute approximate surface area is 161 Å². The van der Waals surface area contributed by atoms with Gasteiger partial charge in [0.05, 0.1) is 24.9 Å². The van der Waals surface area contributed by atoms with Crippen molar-refractivity contribution in [1.82, 2.24) is 9.62 Å². The van der Waals surface area contributed by atoms with Gasteiger partial charge in [-0.15, -0.1) is 0 Å². The van der Waals surface area contributed by atoms with Crippen molar-refractivity contribution in [2.75, 3.05) is 50.0 Å². The highest BCUT2D eigenvalue weighted by atomic mass is 32.2. The molecule has 1 atom stereocenters. The minimum atomic E-state index is -3.23. The molecule has 2 aliphatic rings. The number of carbonyl (C=O) groups is 1. The van der Waals surface area contributed by atoms with Gasteiger partial charge in [-0.05, 0) is 37.5 Å². The summed E-state index contributed by atoms with van der Waals surface area (Å²) in [5.41, 5.74) is 2.20. The number of anilines is 1. The van der Waals surface area contributed by atoms with E-state index >= 15 is 0 Å². The van der Waals surface area contributed by atoms with E-state index in [0.29, 0.717) is 13.1 Å². The fourth-order valence-corrected chi connectivity index (χ4v) is 4.75. The monoisotopic (exact) mass is 395 g/mol. The third-order valence-electron chi connectivity index (χ3n) is 5.29. The van der Waals surface area contributed by atoms with Crippen molar-refractivity contribution in [2.24, 2.45) is 5.92 Å². The van der Waals surface area contributed by atoms with Crippen molar-refractivity contribution in [3.05, 3.63) is 29.8 Å². The molecule has 0 aromatic heterocycles. The average Bonchev–Trinajstić information content (AvgIpc) is 2.73. The molecule has 2 heterocycles. The molecule has 7 nitrogen and oxygen atoms in total. The fraction of sp³-hybridized carbons (Fsp3) is 0.632. The lowest BCUT2D eigenvalue weighted by molar-refractivity contribution is -0.126. The van der Waals surface area contributed by atoms with Crippen molar-refractivity contribution in [3.63, 3.8) is 0 Å². The lowest BCUT2D eigenvalue weighted by atomic mass is 9.98. The SMILES string of the molecule is CCS(=O)(=O)N1CCC[C@H](C(=O)NCc2ccc(N3CCOCC3)cc2)C1. The molecule has 3 rings (SSSR count). The molecule has 0 aliphatic carbocycles. The second-order valence-corrected chi connectivity index (χ2v) is 9.34. The van der Waals surface area contributed by atoms with E-state index in [9.17, 15) is 13.2 Å². The topological polar surface area (TPSA) is 79.0 Å². The lowest BCUT2D eigenvalue weighted by Crippen LogP contribution is -2.45. The number of ether oxygens (including phenoxy) is 1. The van der Waals surface area contributed by atoms with E-state index in [-0.39, 0.29) is 24.1 Å². The average molecular weight is 396 g/mol. The molecule has 0 saturated carbocycles. The van der Waals surface area contributed by atoms with E-state index in [2.05, 4.69) is 22.3 Å². The molecule has 0 bridgehead atoms. The smallest absolute Gasteiger partial charge is 0.224 e. The minimum absolute atomic E-state index is 0.0664. The highest BCUT2D eigenvalue weighted by Crippen LogP contribution is 2.20. The van der Waals surface area contributed by atoms with Crippen LogP contribution in [0.25, 0.3) is 0 Å². The molecular weight excluding hydrogens is 366 g/mol. The third kappa shape index (κ3) is 5.21. The van der Waals surface area contributed by atoms with Crippen LogP contribution in [0.3, 0.4) is 0 Å². The van der Waals surface area contributed by atoms with Crippen LogP contribution in [0.5, 0.6) is 0 Å². The van der Waals surface area contributed by atoms with Crippen molar-refractivity contribution < 1.29 is 17.9 Å². The maximum atomic E-state index is 12.5. The van der Waals surface area contributed by atoms with Crippen LogP contribution in [-0.4, -0.2) is 63.8 Å². The molecule has 150 valence electrons.